The molecule has 1 aromatic rings. The predicted molar refractivity (Wildman–Crippen MR) is 100.0 cm³/mol. The summed E-state index contributed by atoms with van der Waals surface area (Å²) in [5.74, 6) is -2.04. The van der Waals surface area contributed by atoms with Crippen molar-refractivity contribution >= 4 is 51.7 Å². The van der Waals surface area contributed by atoms with Gasteiger partial charge in [-0.15, -0.1) is 23.1 Å². The van der Waals surface area contributed by atoms with Gasteiger partial charge in [-0.25, -0.2) is 9.78 Å². The molecule has 2 unspecified atom stereocenters. The number of carboxylic acids is 1. The number of allylic oxidation sites excluding steroid dienone is 1. The lowest BCUT2D eigenvalue weighted by atomic mass is 10.0. The van der Waals surface area contributed by atoms with Gasteiger partial charge in [-0.05, 0) is 5.57 Å². The molecule has 0 spiro atoms. The lowest BCUT2D eigenvalue weighted by Gasteiger charge is -2.49. The van der Waals surface area contributed by atoms with Crippen molar-refractivity contribution in [1.29, 1.82) is 0 Å². The average molecular weight is 409 g/mol. The number of nitrogens with zero attached hydrogens (tertiary/aromatic N) is 3. The summed E-state index contributed by atoms with van der Waals surface area (Å²) in [4.78, 5) is 46.4. The number of aliphatic carboxylic acids is 1. The van der Waals surface area contributed by atoms with Crippen LogP contribution in [0.3, 0.4) is 0 Å². The number of nitrogens with one attached hydrogen (secondary N) is 1. The van der Waals surface area contributed by atoms with Gasteiger partial charge in [-0.3, -0.25) is 14.5 Å². The van der Waals surface area contributed by atoms with Crippen LogP contribution in [-0.4, -0.2) is 62.8 Å². The summed E-state index contributed by atoms with van der Waals surface area (Å²) in [5, 5.41) is 16.9. The van der Waals surface area contributed by atoms with Crippen LogP contribution >= 0.6 is 23.1 Å². The molecule has 2 atom stereocenters. The van der Waals surface area contributed by atoms with E-state index < -0.39 is 29.2 Å². The van der Waals surface area contributed by atoms with E-state index >= 15 is 0 Å². The lowest BCUT2D eigenvalue weighted by Crippen LogP contribution is -2.71. The summed E-state index contributed by atoms with van der Waals surface area (Å²) in [5.41, 5.74) is 6.02. The van der Waals surface area contributed by atoms with E-state index in [1.54, 1.807) is 5.38 Å². The number of thiazole rings is 1. The highest BCUT2D eigenvalue weighted by Gasteiger charge is 2.54. The zero-order valence-electron chi connectivity index (χ0n) is 14.0. The Balaban J connectivity index is 1.80. The SMILES string of the molecule is C=CC1=C(C(=O)O)N2C(=O)C(NC(=O)C(=NOC)c3csc(N)n3)C2SC1. The number of hydrogen-bond acceptors (Lipinski definition) is 9. The monoisotopic (exact) mass is 409 g/mol. The normalized spacial score (nSPS) is 22.0. The van der Waals surface area contributed by atoms with Gasteiger partial charge in [0, 0.05) is 11.1 Å². The smallest absolute Gasteiger partial charge is 0.352 e. The van der Waals surface area contributed by atoms with Crippen LogP contribution < -0.4 is 11.1 Å². The van der Waals surface area contributed by atoms with Gasteiger partial charge >= 0.3 is 5.97 Å². The number of nitrogens with two attached hydrogens (primary N) is 1. The topological polar surface area (TPSA) is 147 Å². The fraction of sp³-hybridized carbons (Fsp3) is 0.267. The minimum Gasteiger partial charge on any atom is -0.477 e. The minimum absolute atomic E-state index is 0.109. The Labute approximate surface area is 161 Å². The highest BCUT2D eigenvalue weighted by Crippen LogP contribution is 2.40. The van der Waals surface area contributed by atoms with Crippen LogP contribution in [0.1, 0.15) is 5.69 Å². The van der Waals surface area contributed by atoms with Crippen molar-refractivity contribution in [2.24, 2.45) is 5.16 Å². The first kappa shape index (κ1) is 18.9. The van der Waals surface area contributed by atoms with Gasteiger partial charge < -0.3 is 21.0 Å². The molecule has 10 nitrogen and oxygen atoms in total. The third-order valence-corrected chi connectivity index (χ3v) is 5.87. The van der Waals surface area contributed by atoms with E-state index in [4.69, 9.17) is 5.73 Å². The van der Waals surface area contributed by atoms with Crippen LogP contribution in [0, 0.1) is 0 Å². The average Bonchev–Trinajstić information content (AvgIpc) is 3.08. The zero-order valence-corrected chi connectivity index (χ0v) is 15.7. The third-order valence-electron chi connectivity index (χ3n) is 3.90. The number of carboxylic acid groups (broad SMARTS) is 1. The second kappa shape index (κ2) is 7.40. The molecule has 27 heavy (non-hydrogen) atoms. The predicted octanol–water partition coefficient (Wildman–Crippen LogP) is 0.000400. The van der Waals surface area contributed by atoms with E-state index in [-0.39, 0.29) is 22.2 Å². The second-order valence-corrected chi connectivity index (χ2v) is 7.43. The molecule has 1 fully saturated rings. The summed E-state index contributed by atoms with van der Waals surface area (Å²) in [6.07, 6.45) is 1.42. The highest BCUT2D eigenvalue weighted by molar-refractivity contribution is 8.00. The van der Waals surface area contributed by atoms with E-state index in [1.807, 2.05) is 0 Å². The lowest BCUT2D eigenvalue weighted by molar-refractivity contribution is -0.150. The van der Waals surface area contributed by atoms with Gasteiger partial charge in [0.25, 0.3) is 11.8 Å². The molecule has 1 aromatic heterocycles. The fourth-order valence-corrected chi connectivity index (χ4v) is 4.59. The van der Waals surface area contributed by atoms with E-state index in [9.17, 15) is 19.5 Å². The number of β-lactam (4-membered cyclic amide) rings is 1. The van der Waals surface area contributed by atoms with Crippen LogP contribution in [0.2, 0.25) is 0 Å². The Morgan fingerprint density at radius 2 is 2.33 bits per heavy atom. The van der Waals surface area contributed by atoms with Crippen molar-refractivity contribution in [3.8, 4) is 0 Å². The van der Waals surface area contributed by atoms with Gasteiger partial charge in [0.1, 0.15) is 29.9 Å². The van der Waals surface area contributed by atoms with Gasteiger partial charge in [-0.2, -0.15) is 0 Å². The number of rotatable bonds is 6. The zero-order chi connectivity index (χ0) is 19.7. The first-order valence-electron chi connectivity index (χ1n) is 7.56. The molecule has 1 saturated heterocycles. The maximum atomic E-state index is 12.6. The van der Waals surface area contributed by atoms with Crippen molar-refractivity contribution in [2.75, 3.05) is 18.6 Å². The van der Waals surface area contributed by atoms with Crippen molar-refractivity contribution in [2.45, 2.75) is 11.4 Å². The molecule has 0 saturated carbocycles. The van der Waals surface area contributed by atoms with Crippen LogP contribution in [0.5, 0.6) is 0 Å². The Kier molecular flexibility index (Phi) is 5.19. The standard InChI is InChI=1S/C15H15N5O5S2/c1-3-6-4-26-13-9(12(22)20(13)10(6)14(23)24)18-11(21)8(19-25-2)7-5-27-15(16)17-7/h3,5,9,13H,1,4H2,2H3,(H2,16,17)(H,18,21)(H,23,24). The number of nitrogen functional groups attached to an aromatic ring is 1. The Bertz CT molecular complexity index is 893. The van der Waals surface area contributed by atoms with Gasteiger partial charge in [0.15, 0.2) is 10.8 Å². The molecule has 4 N–H and O–H groups in total. The molecule has 0 aromatic carbocycles. The van der Waals surface area contributed by atoms with Crippen LogP contribution in [0.15, 0.2) is 34.5 Å². The van der Waals surface area contributed by atoms with E-state index in [0.29, 0.717) is 11.3 Å². The second-order valence-electron chi connectivity index (χ2n) is 5.44. The largest absolute Gasteiger partial charge is 0.477 e. The summed E-state index contributed by atoms with van der Waals surface area (Å²) < 4.78 is 0. The van der Waals surface area contributed by atoms with Crippen molar-refractivity contribution in [3.63, 3.8) is 0 Å². The molecule has 2 aliphatic heterocycles. The minimum atomic E-state index is -1.21. The van der Waals surface area contributed by atoms with E-state index in [1.165, 1.54) is 24.9 Å². The number of amides is 2. The number of aromatic nitrogens is 1. The summed E-state index contributed by atoms with van der Waals surface area (Å²) in [6, 6.07) is -0.888. The Morgan fingerprint density at radius 3 is 2.89 bits per heavy atom. The summed E-state index contributed by atoms with van der Waals surface area (Å²) in [6.45, 7) is 3.58. The molecular formula is C15H15N5O5S2. The van der Waals surface area contributed by atoms with Crippen molar-refractivity contribution < 1.29 is 24.3 Å². The number of fused-ring (bicyclic) bond motifs is 1. The van der Waals surface area contributed by atoms with Crippen LogP contribution in [-0.2, 0) is 19.2 Å². The Morgan fingerprint density at radius 1 is 1.59 bits per heavy atom. The number of thioether (sulfide) groups is 1. The molecule has 0 radical (unpaired) electrons. The molecule has 0 bridgehead atoms. The summed E-state index contributed by atoms with van der Waals surface area (Å²) in [7, 11) is 1.27. The molecule has 3 heterocycles. The third kappa shape index (κ3) is 3.28. The number of hydrogen-bond donors (Lipinski definition) is 3. The van der Waals surface area contributed by atoms with Gasteiger partial charge in [0.05, 0.1) is 0 Å². The van der Waals surface area contributed by atoms with Crippen molar-refractivity contribution in [1.82, 2.24) is 15.2 Å². The number of anilines is 1. The van der Waals surface area contributed by atoms with Gasteiger partial charge in [-0.1, -0.05) is 17.8 Å². The van der Waals surface area contributed by atoms with Crippen molar-refractivity contribution in [3.05, 3.63) is 35.0 Å². The highest BCUT2D eigenvalue weighted by atomic mass is 32.2. The summed E-state index contributed by atoms with van der Waals surface area (Å²) >= 11 is 2.47. The molecule has 2 amide bonds. The maximum absolute atomic E-state index is 12.6. The molecule has 12 heteroatoms. The van der Waals surface area contributed by atoms with E-state index in [2.05, 4.69) is 26.9 Å². The van der Waals surface area contributed by atoms with Gasteiger partial charge in [0.2, 0.25) is 0 Å². The number of oxime groups is 1. The first-order valence-corrected chi connectivity index (χ1v) is 9.48. The molecule has 0 aliphatic carbocycles. The molecule has 2 aliphatic rings. The fourth-order valence-electron chi connectivity index (χ4n) is 2.70. The van der Waals surface area contributed by atoms with E-state index in [0.717, 1.165) is 16.2 Å². The quantitative estimate of drug-likeness (QED) is 0.338. The molecule has 3 rings (SSSR count). The first-order chi connectivity index (χ1) is 12.9. The molecular weight excluding hydrogens is 394 g/mol. The maximum Gasteiger partial charge on any atom is 0.352 e. The molecule has 142 valence electrons. The number of carbonyl (C=O) groups excluding carboxylic acids is 2. The number of carbonyl (C=O) groups is 3. The Hall–Kier alpha value is -2.86. The van der Waals surface area contributed by atoms with Crippen LogP contribution in [0.4, 0.5) is 5.13 Å². The van der Waals surface area contributed by atoms with Crippen LogP contribution in [0.25, 0.3) is 0 Å².